The lowest BCUT2D eigenvalue weighted by Crippen LogP contribution is -2.43. The van der Waals surface area contributed by atoms with Gasteiger partial charge >= 0.3 is 0 Å². The van der Waals surface area contributed by atoms with E-state index in [1.165, 1.54) is 17.3 Å². The van der Waals surface area contributed by atoms with Gasteiger partial charge in [0.2, 0.25) is 11.8 Å². The Kier molecular flexibility index (Phi) is 6.50. The standard InChI is InChI=1S/C17H17ClN2O2S/c1-12-2-8-15(9-3-12)23-11-17(22)20-19-16(21)10-13-4-6-14(18)7-5-13/h2-9H,10-11H2,1H3,(H,19,21)(H,20,22). The van der Waals surface area contributed by atoms with Gasteiger partial charge < -0.3 is 0 Å². The molecular weight excluding hydrogens is 332 g/mol. The summed E-state index contributed by atoms with van der Waals surface area (Å²) in [7, 11) is 0. The molecule has 0 aromatic heterocycles. The molecule has 120 valence electrons. The third-order valence-corrected chi connectivity index (χ3v) is 4.27. The number of rotatable bonds is 5. The number of nitrogens with one attached hydrogen (secondary N) is 2. The number of amides is 2. The van der Waals surface area contributed by atoms with Crippen LogP contribution in [0, 0.1) is 6.92 Å². The van der Waals surface area contributed by atoms with Crippen molar-refractivity contribution in [2.24, 2.45) is 0 Å². The molecule has 0 fully saturated rings. The SMILES string of the molecule is Cc1ccc(SCC(=O)NNC(=O)Cc2ccc(Cl)cc2)cc1. The Morgan fingerprint density at radius 3 is 2.22 bits per heavy atom. The second kappa shape index (κ2) is 8.60. The van der Waals surface area contributed by atoms with Crippen molar-refractivity contribution in [3.8, 4) is 0 Å². The molecule has 2 aromatic rings. The van der Waals surface area contributed by atoms with Crippen LogP contribution in [-0.2, 0) is 16.0 Å². The summed E-state index contributed by atoms with van der Waals surface area (Å²) in [5, 5.41) is 0.621. The number of hydrogen-bond donors (Lipinski definition) is 2. The fourth-order valence-corrected chi connectivity index (χ4v) is 2.62. The highest BCUT2D eigenvalue weighted by molar-refractivity contribution is 8.00. The first-order valence-electron chi connectivity index (χ1n) is 7.04. The predicted molar refractivity (Wildman–Crippen MR) is 93.3 cm³/mol. The van der Waals surface area contributed by atoms with Crippen molar-refractivity contribution >= 4 is 35.2 Å². The van der Waals surface area contributed by atoms with Gasteiger partial charge in [-0.1, -0.05) is 41.4 Å². The molecule has 0 saturated carbocycles. The van der Waals surface area contributed by atoms with E-state index in [-0.39, 0.29) is 24.0 Å². The van der Waals surface area contributed by atoms with Gasteiger partial charge in [0, 0.05) is 9.92 Å². The first-order chi connectivity index (χ1) is 11.0. The molecule has 4 nitrogen and oxygen atoms in total. The minimum Gasteiger partial charge on any atom is -0.273 e. The van der Waals surface area contributed by atoms with Crippen LogP contribution in [0.5, 0.6) is 0 Å². The van der Waals surface area contributed by atoms with E-state index in [9.17, 15) is 9.59 Å². The number of aryl methyl sites for hydroxylation is 1. The first-order valence-corrected chi connectivity index (χ1v) is 8.41. The number of thioether (sulfide) groups is 1. The Morgan fingerprint density at radius 1 is 0.957 bits per heavy atom. The fraction of sp³-hybridized carbons (Fsp3) is 0.176. The lowest BCUT2D eigenvalue weighted by Gasteiger charge is -2.07. The maximum Gasteiger partial charge on any atom is 0.248 e. The highest BCUT2D eigenvalue weighted by atomic mass is 35.5. The highest BCUT2D eigenvalue weighted by Gasteiger charge is 2.06. The minimum atomic E-state index is -0.277. The van der Waals surface area contributed by atoms with Crippen molar-refractivity contribution in [1.82, 2.24) is 10.9 Å². The maximum atomic E-state index is 11.7. The lowest BCUT2D eigenvalue weighted by atomic mass is 10.1. The van der Waals surface area contributed by atoms with Crippen molar-refractivity contribution in [3.05, 3.63) is 64.7 Å². The number of carbonyl (C=O) groups is 2. The molecule has 0 aliphatic carbocycles. The van der Waals surface area contributed by atoms with E-state index in [2.05, 4.69) is 10.9 Å². The zero-order chi connectivity index (χ0) is 16.7. The third kappa shape index (κ3) is 6.34. The van der Waals surface area contributed by atoms with Crippen molar-refractivity contribution in [2.75, 3.05) is 5.75 Å². The second-order valence-corrected chi connectivity index (χ2v) is 6.49. The van der Waals surface area contributed by atoms with Crippen LogP contribution in [0.2, 0.25) is 5.02 Å². The van der Waals surface area contributed by atoms with Crippen LogP contribution < -0.4 is 10.9 Å². The monoisotopic (exact) mass is 348 g/mol. The second-order valence-electron chi connectivity index (χ2n) is 5.00. The zero-order valence-electron chi connectivity index (χ0n) is 12.6. The van der Waals surface area contributed by atoms with Gasteiger partial charge in [0.1, 0.15) is 0 Å². The molecule has 6 heteroatoms. The van der Waals surface area contributed by atoms with Crippen molar-refractivity contribution in [3.63, 3.8) is 0 Å². The molecular formula is C17H17ClN2O2S. The van der Waals surface area contributed by atoms with E-state index in [1.54, 1.807) is 24.3 Å². The van der Waals surface area contributed by atoms with Crippen LogP contribution in [0.15, 0.2) is 53.4 Å². The molecule has 0 saturated heterocycles. The molecule has 0 aliphatic heterocycles. The summed E-state index contributed by atoms with van der Waals surface area (Å²) < 4.78 is 0. The van der Waals surface area contributed by atoms with E-state index in [0.29, 0.717) is 5.02 Å². The van der Waals surface area contributed by atoms with Gasteiger partial charge in [0.15, 0.2) is 0 Å². The van der Waals surface area contributed by atoms with Crippen LogP contribution in [0.1, 0.15) is 11.1 Å². The largest absolute Gasteiger partial charge is 0.273 e. The molecule has 2 aromatic carbocycles. The number of hydrogen-bond acceptors (Lipinski definition) is 3. The highest BCUT2D eigenvalue weighted by Crippen LogP contribution is 2.17. The summed E-state index contributed by atoms with van der Waals surface area (Å²) in [5.74, 6) is -0.286. The van der Waals surface area contributed by atoms with Crippen LogP contribution in [-0.4, -0.2) is 17.6 Å². The average molecular weight is 349 g/mol. The van der Waals surface area contributed by atoms with Gasteiger partial charge in [0.25, 0.3) is 0 Å². The molecule has 0 spiro atoms. The molecule has 0 heterocycles. The van der Waals surface area contributed by atoms with Crippen LogP contribution in [0.4, 0.5) is 0 Å². The number of hydrazine groups is 1. The van der Waals surface area contributed by atoms with Gasteiger partial charge in [0.05, 0.1) is 12.2 Å². The molecule has 2 rings (SSSR count). The first kappa shape index (κ1) is 17.4. The van der Waals surface area contributed by atoms with E-state index in [0.717, 1.165) is 10.5 Å². The Balaban J connectivity index is 1.70. The molecule has 23 heavy (non-hydrogen) atoms. The van der Waals surface area contributed by atoms with Gasteiger partial charge in [-0.2, -0.15) is 0 Å². The van der Waals surface area contributed by atoms with Crippen molar-refractivity contribution in [2.45, 2.75) is 18.2 Å². The van der Waals surface area contributed by atoms with E-state index in [4.69, 9.17) is 11.6 Å². The Hall–Kier alpha value is -1.98. The third-order valence-electron chi connectivity index (χ3n) is 3.01. The summed E-state index contributed by atoms with van der Waals surface area (Å²) in [6.07, 6.45) is 0.183. The summed E-state index contributed by atoms with van der Waals surface area (Å²) in [4.78, 5) is 24.5. The number of carbonyl (C=O) groups excluding carboxylic acids is 2. The van der Waals surface area contributed by atoms with E-state index < -0.39 is 0 Å². The maximum absolute atomic E-state index is 11.7. The average Bonchev–Trinajstić information content (AvgIpc) is 2.54. The van der Waals surface area contributed by atoms with E-state index in [1.807, 2.05) is 31.2 Å². The predicted octanol–water partition coefficient (Wildman–Crippen LogP) is 3.13. The minimum absolute atomic E-state index is 0.183. The number of benzene rings is 2. The van der Waals surface area contributed by atoms with Gasteiger partial charge in [-0.25, -0.2) is 0 Å². The quantitative estimate of drug-likeness (QED) is 0.644. The molecule has 0 radical (unpaired) electrons. The van der Waals surface area contributed by atoms with Crippen LogP contribution in [0.3, 0.4) is 0 Å². The van der Waals surface area contributed by atoms with E-state index >= 15 is 0 Å². The van der Waals surface area contributed by atoms with Gasteiger partial charge in [-0.3, -0.25) is 20.4 Å². The normalized spacial score (nSPS) is 10.2. The zero-order valence-corrected chi connectivity index (χ0v) is 14.2. The van der Waals surface area contributed by atoms with Crippen LogP contribution in [0.25, 0.3) is 0 Å². The Morgan fingerprint density at radius 2 is 1.57 bits per heavy atom. The van der Waals surface area contributed by atoms with Crippen molar-refractivity contribution in [1.29, 1.82) is 0 Å². The van der Waals surface area contributed by atoms with Gasteiger partial charge in [-0.05, 0) is 36.8 Å². The summed E-state index contributed by atoms with van der Waals surface area (Å²) >= 11 is 7.20. The summed E-state index contributed by atoms with van der Waals surface area (Å²) in [6.45, 7) is 2.01. The van der Waals surface area contributed by atoms with Gasteiger partial charge in [-0.15, -0.1) is 11.8 Å². The molecule has 0 unspecified atom stereocenters. The molecule has 0 aliphatic rings. The van der Waals surface area contributed by atoms with Crippen molar-refractivity contribution < 1.29 is 9.59 Å². The number of halogens is 1. The lowest BCUT2D eigenvalue weighted by molar-refractivity contribution is -0.127. The summed E-state index contributed by atoms with van der Waals surface area (Å²) in [6, 6.07) is 14.9. The topological polar surface area (TPSA) is 58.2 Å². The Bertz CT molecular complexity index is 672. The van der Waals surface area contributed by atoms with Crippen LogP contribution >= 0.6 is 23.4 Å². The Labute approximate surface area is 144 Å². The molecule has 2 amide bonds. The summed E-state index contributed by atoms with van der Waals surface area (Å²) in [5.41, 5.74) is 6.82. The fourth-order valence-electron chi connectivity index (χ4n) is 1.79. The molecule has 0 bridgehead atoms. The molecule has 2 N–H and O–H groups in total. The smallest absolute Gasteiger partial charge is 0.248 e. The molecule has 0 atom stereocenters.